The van der Waals surface area contributed by atoms with Gasteiger partial charge in [-0.3, -0.25) is 4.84 Å². The van der Waals surface area contributed by atoms with Crippen LogP contribution in [0.25, 0.3) is 0 Å². The third-order valence-electron chi connectivity index (χ3n) is 6.58. The van der Waals surface area contributed by atoms with E-state index < -0.39 is 0 Å². The first-order chi connectivity index (χ1) is 16.0. The summed E-state index contributed by atoms with van der Waals surface area (Å²) in [6.45, 7) is 8.82. The lowest BCUT2D eigenvalue weighted by molar-refractivity contribution is -0.0168. The lowest BCUT2D eigenvalue weighted by atomic mass is 9.90. The first kappa shape index (κ1) is 29.8. The summed E-state index contributed by atoms with van der Waals surface area (Å²) in [5, 5.41) is 3.37. The minimum atomic E-state index is -0.172. The molecule has 0 aromatic heterocycles. The normalized spacial score (nSPS) is 24.3. The monoisotopic (exact) mass is 470 g/mol. The predicted octanol–water partition coefficient (Wildman–Crippen LogP) is 3.40. The van der Waals surface area contributed by atoms with Crippen molar-refractivity contribution < 1.29 is 9.57 Å². The van der Waals surface area contributed by atoms with Gasteiger partial charge in [-0.25, -0.2) is 0 Å². The van der Waals surface area contributed by atoms with Crippen molar-refractivity contribution in [1.29, 1.82) is 5.59 Å². The minimum absolute atomic E-state index is 0.172. The fraction of sp³-hybridized carbons (Fsp3) is 0.917. The number of hydrogen-bond acceptors (Lipinski definition) is 9. The van der Waals surface area contributed by atoms with Crippen LogP contribution in [-0.2, 0) is 9.57 Å². The van der Waals surface area contributed by atoms with E-state index in [1.54, 1.807) is 7.11 Å². The van der Waals surface area contributed by atoms with Crippen molar-refractivity contribution in [2.75, 3.05) is 40.0 Å². The van der Waals surface area contributed by atoms with Gasteiger partial charge in [-0.1, -0.05) is 51.0 Å². The van der Waals surface area contributed by atoms with E-state index in [9.17, 15) is 0 Å². The SMILES string of the molecule is CCC1CC1.COC/C=C(\N)N1CCNC(C)C1.N=O.NC1(NOCC2CCCCC2)CC1. The average Bonchev–Trinajstić information content (AvgIpc) is 3.78. The molecule has 4 aliphatic rings. The molecule has 0 bridgehead atoms. The Hall–Kier alpha value is -1.26. The zero-order chi connectivity index (χ0) is 24.5. The molecule has 0 aromatic rings. The van der Waals surface area contributed by atoms with E-state index in [4.69, 9.17) is 25.9 Å². The molecule has 7 N–H and O–H groups in total. The van der Waals surface area contributed by atoms with Crippen molar-refractivity contribution in [3.63, 3.8) is 0 Å². The summed E-state index contributed by atoms with van der Waals surface area (Å²) >= 11 is 0. The maximum Gasteiger partial charge on any atom is 0.0969 e. The number of ether oxygens (including phenoxy) is 1. The highest BCUT2D eigenvalue weighted by atomic mass is 16.6. The number of methoxy groups -OCH3 is 1. The van der Waals surface area contributed by atoms with Gasteiger partial charge in [0.05, 0.1) is 24.7 Å². The van der Waals surface area contributed by atoms with Gasteiger partial charge in [0.2, 0.25) is 0 Å². The van der Waals surface area contributed by atoms with Gasteiger partial charge < -0.3 is 26.4 Å². The van der Waals surface area contributed by atoms with E-state index in [1.807, 2.05) is 6.08 Å². The molecule has 0 amide bonds. The summed E-state index contributed by atoms with van der Waals surface area (Å²) in [4.78, 5) is 15.1. The average molecular weight is 471 g/mol. The lowest BCUT2D eigenvalue weighted by Gasteiger charge is -2.33. The molecule has 1 atom stereocenters. The molecule has 4 fully saturated rings. The van der Waals surface area contributed by atoms with Gasteiger partial charge in [0.25, 0.3) is 0 Å². The Labute approximate surface area is 201 Å². The summed E-state index contributed by atoms with van der Waals surface area (Å²) in [7, 11) is 1.67. The van der Waals surface area contributed by atoms with Gasteiger partial charge in [0.1, 0.15) is 0 Å². The number of piperazine rings is 1. The number of hydrogen-bond donors (Lipinski definition) is 5. The van der Waals surface area contributed by atoms with E-state index in [0.717, 1.165) is 56.7 Å². The third kappa shape index (κ3) is 14.6. The van der Waals surface area contributed by atoms with Gasteiger partial charge in [0, 0.05) is 32.8 Å². The molecule has 1 aliphatic heterocycles. The highest BCUT2D eigenvalue weighted by Gasteiger charge is 2.38. The van der Waals surface area contributed by atoms with Gasteiger partial charge in [-0.15, -0.1) is 0 Å². The molecular weight excluding hydrogens is 420 g/mol. The summed E-state index contributed by atoms with van der Waals surface area (Å²) in [6, 6.07) is 0.517. The number of nitroso groups, excluding NO2 is 1. The first-order valence-electron chi connectivity index (χ1n) is 12.8. The molecule has 1 heterocycles. The smallest absolute Gasteiger partial charge is 0.0969 e. The Morgan fingerprint density at radius 2 is 1.85 bits per heavy atom. The van der Waals surface area contributed by atoms with Crippen molar-refractivity contribution in [2.45, 2.75) is 89.8 Å². The quantitative estimate of drug-likeness (QED) is 0.207. The molecule has 9 nitrogen and oxygen atoms in total. The van der Waals surface area contributed by atoms with Crippen LogP contribution < -0.4 is 22.3 Å². The van der Waals surface area contributed by atoms with Crippen molar-refractivity contribution >= 4 is 0 Å². The van der Waals surface area contributed by atoms with Gasteiger partial charge in [-0.05, 0) is 50.5 Å². The molecule has 194 valence electrons. The number of nitrogens with one attached hydrogen (secondary N) is 3. The van der Waals surface area contributed by atoms with Crippen molar-refractivity contribution in [1.82, 2.24) is 15.7 Å². The van der Waals surface area contributed by atoms with Crippen LogP contribution in [0.1, 0.15) is 78.1 Å². The molecule has 33 heavy (non-hydrogen) atoms. The third-order valence-corrected chi connectivity index (χ3v) is 6.58. The van der Waals surface area contributed by atoms with Crippen molar-refractivity contribution in [3.8, 4) is 0 Å². The number of nitrogens with two attached hydrogens (primary N) is 2. The second-order valence-corrected chi connectivity index (χ2v) is 9.81. The Morgan fingerprint density at radius 3 is 2.33 bits per heavy atom. The largest absolute Gasteiger partial charge is 0.386 e. The standard InChI is InChI=1S/C10H20N2O.C9H19N3O.C5H10.HNO/c11-10(6-7-10)12-13-8-9-4-2-1-3-5-9;1-8-7-12(5-4-11-8)9(10)3-6-13-2;1-2-5-3-4-5;1-2/h9,12H,1-8,11H2;3,8,11H,4-7,10H2,1-2H3;5H,2-4H2,1H3;1H/b;9-3+;;. The molecule has 9 heteroatoms. The number of nitrogens with zero attached hydrogens (tertiary/aromatic N) is 1. The fourth-order valence-electron chi connectivity index (χ4n) is 3.88. The zero-order valence-electron chi connectivity index (χ0n) is 21.2. The summed E-state index contributed by atoms with van der Waals surface area (Å²) in [5.41, 5.74) is 19.0. The van der Waals surface area contributed by atoms with Gasteiger partial charge >= 0.3 is 0 Å². The second-order valence-electron chi connectivity index (χ2n) is 9.81. The zero-order valence-corrected chi connectivity index (χ0v) is 21.2. The predicted molar refractivity (Wildman–Crippen MR) is 134 cm³/mol. The highest BCUT2D eigenvalue weighted by Crippen LogP contribution is 2.31. The van der Waals surface area contributed by atoms with Gasteiger partial charge in [0.15, 0.2) is 0 Å². The molecule has 0 spiro atoms. The van der Waals surface area contributed by atoms with E-state index in [-0.39, 0.29) is 5.66 Å². The first-order valence-corrected chi connectivity index (χ1v) is 12.8. The van der Waals surface area contributed by atoms with Crippen LogP contribution in [0, 0.1) is 22.3 Å². The van der Waals surface area contributed by atoms with Crippen LogP contribution in [0.15, 0.2) is 11.9 Å². The van der Waals surface area contributed by atoms with Crippen LogP contribution in [0.3, 0.4) is 0 Å². The summed E-state index contributed by atoms with van der Waals surface area (Å²) < 4.78 is 4.93. The van der Waals surface area contributed by atoms with E-state index in [2.05, 4.69) is 35.1 Å². The molecule has 0 aromatic carbocycles. The molecule has 4 rings (SSSR count). The highest BCUT2D eigenvalue weighted by molar-refractivity contribution is 4.98. The summed E-state index contributed by atoms with van der Waals surface area (Å²) in [6.07, 6.45) is 15.3. The van der Waals surface area contributed by atoms with Crippen LogP contribution in [0.2, 0.25) is 0 Å². The molecule has 1 saturated heterocycles. The van der Waals surface area contributed by atoms with E-state index >= 15 is 0 Å². The lowest BCUT2D eigenvalue weighted by Crippen LogP contribution is -2.49. The van der Waals surface area contributed by atoms with Crippen molar-refractivity contribution in [2.24, 2.45) is 23.3 Å². The van der Waals surface area contributed by atoms with E-state index in [0.29, 0.717) is 12.6 Å². The topological polar surface area (TPSA) is 139 Å². The molecule has 0 radical (unpaired) electrons. The molecule has 1 unspecified atom stereocenters. The maximum absolute atomic E-state index is 7.50. The Morgan fingerprint density at radius 1 is 1.18 bits per heavy atom. The fourth-order valence-corrected chi connectivity index (χ4v) is 3.88. The molecular formula is C24H50N6O3. The Bertz CT molecular complexity index is 522. The van der Waals surface area contributed by atoms with Crippen LogP contribution in [-0.4, -0.2) is 56.6 Å². The second kappa shape index (κ2) is 17.2. The molecule has 3 saturated carbocycles. The minimum Gasteiger partial charge on any atom is -0.386 e. The van der Waals surface area contributed by atoms with Crippen LogP contribution >= 0.6 is 0 Å². The Balaban J connectivity index is 0.000000258. The van der Waals surface area contributed by atoms with E-state index in [1.165, 1.54) is 51.4 Å². The van der Waals surface area contributed by atoms with Crippen LogP contribution in [0.5, 0.6) is 0 Å². The van der Waals surface area contributed by atoms with Crippen molar-refractivity contribution in [3.05, 3.63) is 16.8 Å². The number of hydroxylamine groups is 1. The molecule has 3 aliphatic carbocycles. The van der Waals surface area contributed by atoms with Gasteiger partial charge in [-0.2, -0.15) is 10.4 Å². The van der Waals surface area contributed by atoms with Crippen LogP contribution in [0.4, 0.5) is 0 Å². The number of rotatable bonds is 8. The maximum atomic E-state index is 7.50. The summed E-state index contributed by atoms with van der Waals surface area (Å²) in [5.74, 6) is 2.73. The Kier molecular flexibility index (Phi) is 15.5.